The van der Waals surface area contributed by atoms with E-state index in [9.17, 15) is 14.7 Å². The van der Waals surface area contributed by atoms with Crippen molar-refractivity contribution in [3.8, 4) is 0 Å². The molecule has 21 heavy (non-hydrogen) atoms. The Balaban J connectivity index is 1.95. The van der Waals surface area contributed by atoms with Gasteiger partial charge in [-0.15, -0.1) is 0 Å². The van der Waals surface area contributed by atoms with Gasteiger partial charge in [0, 0.05) is 19.5 Å². The molecule has 0 aromatic carbocycles. The van der Waals surface area contributed by atoms with Crippen LogP contribution >= 0.6 is 0 Å². The highest BCUT2D eigenvalue weighted by Crippen LogP contribution is 2.35. The van der Waals surface area contributed by atoms with E-state index in [1.807, 2.05) is 11.8 Å². The van der Waals surface area contributed by atoms with E-state index in [-0.39, 0.29) is 5.91 Å². The van der Waals surface area contributed by atoms with Crippen molar-refractivity contribution in [3.05, 3.63) is 0 Å². The van der Waals surface area contributed by atoms with Gasteiger partial charge in [-0.25, -0.2) is 0 Å². The van der Waals surface area contributed by atoms with Crippen LogP contribution in [0.4, 0.5) is 0 Å². The summed E-state index contributed by atoms with van der Waals surface area (Å²) in [5.74, 6) is -0.176. The summed E-state index contributed by atoms with van der Waals surface area (Å²) in [5.41, 5.74) is -0.715. The van der Waals surface area contributed by atoms with E-state index in [2.05, 4.69) is 5.32 Å². The van der Waals surface area contributed by atoms with Crippen LogP contribution in [-0.4, -0.2) is 48.1 Å². The van der Waals surface area contributed by atoms with Gasteiger partial charge >= 0.3 is 5.97 Å². The van der Waals surface area contributed by atoms with Gasteiger partial charge in [0.1, 0.15) is 0 Å². The number of carboxylic acids is 1. The molecule has 2 rings (SSSR count). The smallest absolute Gasteiger partial charge is 0.311 e. The number of aliphatic carboxylic acids is 1. The molecule has 120 valence electrons. The first kappa shape index (κ1) is 16.3. The molecule has 2 saturated heterocycles. The van der Waals surface area contributed by atoms with Crippen LogP contribution in [0.3, 0.4) is 0 Å². The maximum Gasteiger partial charge on any atom is 0.311 e. The van der Waals surface area contributed by atoms with Gasteiger partial charge in [0.25, 0.3) is 0 Å². The molecule has 5 nitrogen and oxygen atoms in total. The van der Waals surface area contributed by atoms with E-state index in [4.69, 9.17) is 0 Å². The molecule has 2 fully saturated rings. The minimum Gasteiger partial charge on any atom is -0.481 e. The molecule has 0 spiro atoms. The molecule has 0 aromatic heterocycles. The monoisotopic (exact) mass is 296 g/mol. The van der Waals surface area contributed by atoms with E-state index in [0.717, 1.165) is 45.3 Å². The predicted molar refractivity (Wildman–Crippen MR) is 81.0 cm³/mol. The Morgan fingerprint density at radius 1 is 1.38 bits per heavy atom. The first-order valence-electron chi connectivity index (χ1n) is 8.29. The second kappa shape index (κ2) is 7.25. The van der Waals surface area contributed by atoms with Crippen LogP contribution in [0.1, 0.15) is 51.9 Å². The average Bonchev–Trinajstić information content (AvgIpc) is 2.48. The molecule has 0 aliphatic carbocycles. The topological polar surface area (TPSA) is 69.6 Å². The molecule has 2 unspecified atom stereocenters. The van der Waals surface area contributed by atoms with Crippen LogP contribution < -0.4 is 5.32 Å². The predicted octanol–water partition coefficient (Wildman–Crippen LogP) is 1.87. The highest BCUT2D eigenvalue weighted by molar-refractivity contribution is 5.80. The number of carboxylic acid groups (broad SMARTS) is 1. The zero-order chi connectivity index (χ0) is 15.3. The maximum atomic E-state index is 12.5. The quantitative estimate of drug-likeness (QED) is 0.812. The van der Waals surface area contributed by atoms with Crippen molar-refractivity contribution < 1.29 is 14.7 Å². The summed E-state index contributed by atoms with van der Waals surface area (Å²) >= 11 is 0. The summed E-state index contributed by atoms with van der Waals surface area (Å²) in [5, 5.41) is 12.9. The molecule has 0 bridgehead atoms. The summed E-state index contributed by atoms with van der Waals surface area (Å²) in [6, 6.07) is 0. The molecule has 5 heteroatoms. The number of rotatable bonds is 5. The van der Waals surface area contributed by atoms with Gasteiger partial charge in [-0.3, -0.25) is 9.59 Å². The summed E-state index contributed by atoms with van der Waals surface area (Å²) in [7, 11) is 0. The fourth-order valence-corrected chi connectivity index (χ4v) is 3.78. The van der Waals surface area contributed by atoms with Crippen molar-refractivity contribution in [2.45, 2.75) is 51.9 Å². The van der Waals surface area contributed by atoms with Crippen molar-refractivity contribution >= 4 is 11.9 Å². The van der Waals surface area contributed by atoms with Gasteiger partial charge in [0.05, 0.1) is 5.41 Å². The third kappa shape index (κ3) is 3.96. The average molecular weight is 296 g/mol. The Morgan fingerprint density at radius 3 is 2.81 bits per heavy atom. The second-order valence-corrected chi connectivity index (χ2v) is 6.67. The van der Waals surface area contributed by atoms with Crippen molar-refractivity contribution in [1.29, 1.82) is 0 Å². The zero-order valence-electron chi connectivity index (χ0n) is 13.1. The lowest BCUT2D eigenvalue weighted by molar-refractivity contribution is -0.155. The van der Waals surface area contributed by atoms with Crippen molar-refractivity contribution in [2.75, 3.05) is 26.2 Å². The number of amides is 1. The number of carbonyl (C=O) groups is 2. The first-order valence-corrected chi connectivity index (χ1v) is 8.29. The fraction of sp³-hybridized carbons (Fsp3) is 0.875. The number of piperidine rings is 2. The highest BCUT2D eigenvalue weighted by atomic mass is 16.4. The third-order valence-corrected chi connectivity index (χ3v) is 4.97. The lowest BCUT2D eigenvalue weighted by Gasteiger charge is -2.40. The van der Waals surface area contributed by atoms with Crippen LogP contribution in [0.2, 0.25) is 0 Å². The number of likely N-dealkylation sites (tertiary alicyclic amines) is 1. The van der Waals surface area contributed by atoms with Crippen LogP contribution in [0, 0.1) is 11.3 Å². The SMILES string of the molecule is CCCC1(C(=O)O)CCCN(C(=O)CC2CCCNC2)C1. The molecular formula is C16H28N2O3. The van der Waals surface area contributed by atoms with E-state index in [1.165, 1.54) is 0 Å². The van der Waals surface area contributed by atoms with E-state index in [0.29, 0.717) is 31.7 Å². The number of hydrogen-bond acceptors (Lipinski definition) is 3. The summed E-state index contributed by atoms with van der Waals surface area (Å²) in [6.45, 7) is 5.09. The highest BCUT2D eigenvalue weighted by Gasteiger charge is 2.42. The van der Waals surface area contributed by atoms with Crippen molar-refractivity contribution in [2.24, 2.45) is 11.3 Å². The first-order chi connectivity index (χ1) is 10.1. The van der Waals surface area contributed by atoms with Crippen LogP contribution in [0.25, 0.3) is 0 Å². The Morgan fingerprint density at radius 2 is 2.19 bits per heavy atom. The molecule has 1 amide bonds. The molecule has 0 saturated carbocycles. The number of hydrogen-bond donors (Lipinski definition) is 2. The molecule has 2 N–H and O–H groups in total. The summed E-state index contributed by atoms with van der Waals surface area (Å²) in [4.78, 5) is 26.0. The van der Waals surface area contributed by atoms with Crippen LogP contribution in [0.5, 0.6) is 0 Å². The lowest BCUT2D eigenvalue weighted by atomic mass is 9.76. The molecule has 2 heterocycles. The van der Waals surface area contributed by atoms with E-state index >= 15 is 0 Å². The lowest BCUT2D eigenvalue weighted by Crippen LogP contribution is -2.50. The molecule has 2 atom stereocenters. The Hall–Kier alpha value is -1.10. The number of nitrogens with zero attached hydrogens (tertiary/aromatic N) is 1. The standard InChI is InChI=1S/C16H28N2O3/c1-2-6-16(15(20)21)7-4-9-18(12-16)14(19)10-13-5-3-8-17-11-13/h13,17H,2-12H2,1H3,(H,20,21). The second-order valence-electron chi connectivity index (χ2n) is 6.67. The van der Waals surface area contributed by atoms with E-state index in [1.54, 1.807) is 0 Å². The van der Waals surface area contributed by atoms with Gasteiger partial charge < -0.3 is 15.3 Å². The third-order valence-electron chi connectivity index (χ3n) is 4.97. The van der Waals surface area contributed by atoms with Gasteiger partial charge in [-0.1, -0.05) is 13.3 Å². The Kier molecular flexibility index (Phi) is 5.62. The van der Waals surface area contributed by atoms with Crippen molar-refractivity contribution in [3.63, 3.8) is 0 Å². The van der Waals surface area contributed by atoms with Gasteiger partial charge in [0.15, 0.2) is 0 Å². The molecule has 0 aromatic rings. The summed E-state index contributed by atoms with van der Waals surface area (Å²) in [6.07, 6.45) is 5.82. The molecular weight excluding hydrogens is 268 g/mol. The molecule has 0 radical (unpaired) electrons. The normalized spacial score (nSPS) is 30.1. The number of nitrogens with one attached hydrogen (secondary N) is 1. The van der Waals surface area contributed by atoms with Gasteiger partial charge in [-0.2, -0.15) is 0 Å². The van der Waals surface area contributed by atoms with Crippen LogP contribution in [-0.2, 0) is 9.59 Å². The largest absolute Gasteiger partial charge is 0.481 e. The minimum absolute atomic E-state index is 0.144. The molecule has 2 aliphatic heterocycles. The Labute approximate surface area is 127 Å². The zero-order valence-corrected chi connectivity index (χ0v) is 13.1. The fourth-order valence-electron chi connectivity index (χ4n) is 3.78. The van der Waals surface area contributed by atoms with Crippen molar-refractivity contribution in [1.82, 2.24) is 10.2 Å². The summed E-state index contributed by atoms with van der Waals surface area (Å²) < 4.78 is 0. The Bertz CT molecular complexity index is 376. The maximum absolute atomic E-state index is 12.5. The number of carbonyl (C=O) groups excluding carboxylic acids is 1. The van der Waals surface area contributed by atoms with Gasteiger partial charge in [-0.05, 0) is 51.1 Å². The van der Waals surface area contributed by atoms with Crippen LogP contribution in [0.15, 0.2) is 0 Å². The van der Waals surface area contributed by atoms with Gasteiger partial charge in [0.2, 0.25) is 5.91 Å². The van der Waals surface area contributed by atoms with E-state index < -0.39 is 11.4 Å². The molecule has 2 aliphatic rings. The minimum atomic E-state index is -0.735.